The summed E-state index contributed by atoms with van der Waals surface area (Å²) in [7, 11) is 5.58. The number of urea groups is 1. The van der Waals surface area contributed by atoms with E-state index in [1.165, 1.54) is 0 Å². The number of amides is 2. The van der Waals surface area contributed by atoms with Crippen molar-refractivity contribution in [2.75, 3.05) is 32.6 Å². The average Bonchev–Trinajstić information content (AvgIpc) is 3.27. The predicted molar refractivity (Wildman–Crippen MR) is 141 cm³/mol. The number of fused-ring (bicyclic) bond motifs is 1. The van der Waals surface area contributed by atoms with Crippen LogP contribution >= 0.6 is 0 Å². The third-order valence-corrected chi connectivity index (χ3v) is 6.89. The van der Waals surface area contributed by atoms with Gasteiger partial charge < -0.3 is 15.0 Å². The molecule has 1 aliphatic rings. The van der Waals surface area contributed by atoms with E-state index < -0.39 is 0 Å². The van der Waals surface area contributed by atoms with Gasteiger partial charge in [-0.3, -0.25) is 9.58 Å². The minimum absolute atomic E-state index is 0.0976. The Morgan fingerprint density at radius 3 is 2.56 bits per heavy atom. The summed E-state index contributed by atoms with van der Waals surface area (Å²) in [5, 5.41) is 8.59. The molecule has 186 valence electrons. The number of aromatic nitrogens is 4. The third-order valence-electron chi connectivity index (χ3n) is 6.89. The second kappa shape index (κ2) is 9.58. The standard InChI is InChI=1S/C27H31N7O2/c1-17-14-34(18(2)13-32(17)3)27(35)30-23-11-20-22(12-24(23)36-5)28-16-29-26(20)21-15-33(4)31-25(21)19-9-7-6-8-10-19/h6-12,15-18H,13-14H2,1-5H3,(H,30,35). The summed E-state index contributed by atoms with van der Waals surface area (Å²) in [6.45, 7) is 5.68. The molecule has 0 bridgehead atoms. The Morgan fingerprint density at radius 2 is 1.81 bits per heavy atom. The highest BCUT2D eigenvalue weighted by Gasteiger charge is 2.30. The molecule has 0 saturated carbocycles. The molecular formula is C27H31N7O2. The van der Waals surface area contributed by atoms with E-state index in [1.54, 1.807) is 18.1 Å². The highest BCUT2D eigenvalue weighted by molar-refractivity contribution is 6.01. The van der Waals surface area contributed by atoms with E-state index in [0.29, 0.717) is 18.0 Å². The number of rotatable bonds is 4. The van der Waals surface area contributed by atoms with Crippen LogP contribution in [0.2, 0.25) is 0 Å². The van der Waals surface area contributed by atoms with Crippen LogP contribution in [0, 0.1) is 0 Å². The largest absolute Gasteiger partial charge is 0.494 e. The molecule has 2 aromatic heterocycles. The van der Waals surface area contributed by atoms with Gasteiger partial charge in [0, 0.05) is 61.0 Å². The van der Waals surface area contributed by atoms with Crippen molar-refractivity contribution in [3.05, 3.63) is 55.0 Å². The van der Waals surface area contributed by atoms with E-state index >= 15 is 0 Å². The van der Waals surface area contributed by atoms with Crippen LogP contribution in [0.15, 0.2) is 55.0 Å². The van der Waals surface area contributed by atoms with Crippen LogP contribution in [-0.2, 0) is 7.05 Å². The molecule has 36 heavy (non-hydrogen) atoms. The van der Waals surface area contributed by atoms with Gasteiger partial charge >= 0.3 is 6.03 Å². The van der Waals surface area contributed by atoms with Crippen LogP contribution in [0.1, 0.15) is 13.8 Å². The number of ether oxygens (including phenoxy) is 1. The summed E-state index contributed by atoms with van der Waals surface area (Å²) in [5.74, 6) is 0.546. The zero-order valence-corrected chi connectivity index (χ0v) is 21.3. The molecule has 2 atom stereocenters. The van der Waals surface area contributed by atoms with Crippen molar-refractivity contribution in [1.29, 1.82) is 0 Å². The van der Waals surface area contributed by atoms with Crippen molar-refractivity contribution in [1.82, 2.24) is 29.5 Å². The van der Waals surface area contributed by atoms with E-state index in [4.69, 9.17) is 9.84 Å². The van der Waals surface area contributed by atoms with Crippen LogP contribution in [0.5, 0.6) is 5.75 Å². The second-order valence-corrected chi connectivity index (χ2v) is 9.44. The van der Waals surface area contributed by atoms with Gasteiger partial charge in [0.15, 0.2) is 0 Å². The van der Waals surface area contributed by atoms with Crippen molar-refractivity contribution in [2.24, 2.45) is 7.05 Å². The average molecular weight is 486 g/mol. The SMILES string of the molecule is COc1cc2ncnc(-c3cn(C)nc3-c3ccccc3)c2cc1NC(=O)N1CC(C)N(C)CC1C. The van der Waals surface area contributed by atoms with Gasteiger partial charge in [-0.05, 0) is 27.0 Å². The van der Waals surface area contributed by atoms with Crippen LogP contribution in [0.3, 0.4) is 0 Å². The van der Waals surface area contributed by atoms with Crippen molar-refractivity contribution >= 4 is 22.6 Å². The number of hydrogen-bond acceptors (Lipinski definition) is 6. The zero-order valence-electron chi connectivity index (χ0n) is 21.3. The first-order valence-electron chi connectivity index (χ1n) is 12.1. The predicted octanol–water partition coefficient (Wildman–Crippen LogP) is 4.26. The fourth-order valence-corrected chi connectivity index (χ4v) is 4.81. The number of piperazine rings is 1. The van der Waals surface area contributed by atoms with Gasteiger partial charge in [0.1, 0.15) is 17.8 Å². The summed E-state index contributed by atoms with van der Waals surface area (Å²) in [6, 6.07) is 14.0. The molecule has 9 nitrogen and oxygen atoms in total. The van der Waals surface area contributed by atoms with Crippen LogP contribution in [0.25, 0.3) is 33.4 Å². The third kappa shape index (κ3) is 4.37. The van der Waals surface area contributed by atoms with Crippen molar-refractivity contribution in [3.63, 3.8) is 0 Å². The molecule has 2 unspecified atom stereocenters. The van der Waals surface area contributed by atoms with Gasteiger partial charge in [0.2, 0.25) is 0 Å². The highest BCUT2D eigenvalue weighted by Crippen LogP contribution is 2.37. The molecule has 2 amide bonds. The lowest BCUT2D eigenvalue weighted by Gasteiger charge is -2.42. The van der Waals surface area contributed by atoms with Gasteiger partial charge in [0.25, 0.3) is 0 Å². The number of carbonyl (C=O) groups excluding carboxylic acids is 1. The Balaban J connectivity index is 1.57. The maximum atomic E-state index is 13.3. The Kier molecular flexibility index (Phi) is 6.32. The number of aryl methyl sites for hydroxylation is 1. The van der Waals surface area contributed by atoms with E-state index in [9.17, 15) is 4.79 Å². The fraction of sp³-hybridized carbons (Fsp3) is 0.333. The first-order chi connectivity index (χ1) is 17.4. The molecule has 5 rings (SSSR count). The lowest BCUT2D eigenvalue weighted by atomic mass is 10.0. The first kappa shape index (κ1) is 23.7. The van der Waals surface area contributed by atoms with Crippen LogP contribution < -0.4 is 10.1 Å². The normalized spacial score (nSPS) is 18.4. The first-order valence-corrected chi connectivity index (χ1v) is 12.1. The molecular weight excluding hydrogens is 454 g/mol. The molecule has 2 aromatic carbocycles. The highest BCUT2D eigenvalue weighted by atomic mass is 16.5. The van der Waals surface area contributed by atoms with E-state index in [-0.39, 0.29) is 18.1 Å². The molecule has 1 fully saturated rings. The molecule has 1 saturated heterocycles. The monoisotopic (exact) mass is 485 g/mol. The lowest BCUT2D eigenvalue weighted by Crippen LogP contribution is -2.57. The lowest BCUT2D eigenvalue weighted by molar-refractivity contribution is 0.0868. The number of nitrogens with one attached hydrogen (secondary N) is 1. The second-order valence-electron chi connectivity index (χ2n) is 9.44. The zero-order chi connectivity index (χ0) is 25.4. The number of anilines is 1. The maximum absolute atomic E-state index is 13.3. The molecule has 0 radical (unpaired) electrons. The minimum atomic E-state index is -0.148. The van der Waals surface area contributed by atoms with Gasteiger partial charge in [0.05, 0.1) is 24.0 Å². The van der Waals surface area contributed by atoms with Gasteiger partial charge in [-0.2, -0.15) is 5.10 Å². The topological polar surface area (TPSA) is 88.4 Å². The summed E-state index contributed by atoms with van der Waals surface area (Å²) < 4.78 is 7.42. The van der Waals surface area contributed by atoms with Gasteiger partial charge in [-0.15, -0.1) is 0 Å². The Hall–Kier alpha value is -3.98. The summed E-state index contributed by atoms with van der Waals surface area (Å²) in [5.41, 5.74) is 4.76. The van der Waals surface area contributed by atoms with Crippen molar-refractivity contribution < 1.29 is 9.53 Å². The molecule has 9 heteroatoms. The Morgan fingerprint density at radius 1 is 1.03 bits per heavy atom. The maximum Gasteiger partial charge on any atom is 0.322 e. The molecule has 0 spiro atoms. The van der Waals surface area contributed by atoms with E-state index in [0.717, 1.165) is 40.0 Å². The minimum Gasteiger partial charge on any atom is -0.494 e. The van der Waals surface area contributed by atoms with Crippen molar-refractivity contribution in [2.45, 2.75) is 25.9 Å². The fourth-order valence-electron chi connectivity index (χ4n) is 4.81. The number of likely N-dealkylation sites (N-methyl/N-ethyl adjacent to an activating group) is 1. The van der Waals surface area contributed by atoms with Crippen molar-refractivity contribution in [3.8, 4) is 28.3 Å². The Bertz CT molecular complexity index is 1400. The number of nitrogens with zero attached hydrogens (tertiary/aromatic N) is 6. The molecule has 1 aliphatic heterocycles. The number of hydrogen-bond donors (Lipinski definition) is 1. The molecule has 1 N–H and O–H groups in total. The quantitative estimate of drug-likeness (QED) is 0.465. The number of benzene rings is 2. The molecule has 3 heterocycles. The molecule has 0 aliphatic carbocycles. The van der Waals surface area contributed by atoms with Gasteiger partial charge in [-0.25, -0.2) is 14.8 Å². The van der Waals surface area contributed by atoms with Crippen LogP contribution in [-0.4, -0.2) is 74.9 Å². The number of methoxy groups -OCH3 is 1. The summed E-state index contributed by atoms with van der Waals surface area (Å²) in [4.78, 5) is 26.6. The number of carbonyl (C=O) groups is 1. The van der Waals surface area contributed by atoms with Crippen LogP contribution in [0.4, 0.5) is 10.5 Å². The van der Waals surface area contributed by atoms with Gasteiger partial charge in [-0.1, -0.05) is 30.3 Å². The van der Waals surface area contributed by atoms with E-state index in [2.05, 4.69) is 41.1 Å². The summed E-state index contributed by atoms with van der Waals surface area (Å²) in [6.07, 6.45) is 3.50. The molecule has 4 aromatic rings. The smallest absolute Gasteiger partial charge is 0.322 e. The summed E-state index contributed by atoms with van der Waals surface area (Å²) >= 11 is 0. The Labute approximate surface area is 210 Å². The van der Waals surface area contributed by atoms with E-state index in [1.807, 2.05) is 60.6 Å².